The maximum absolute atomic E-state index is 9.65. The molecule has 0 aliphatic heterocycles. The van der Waals surface area contributed by atoms with Crippen LogP contribution in [0.1, 0.15) is 17.1 Å². The Kier molecular flexibility index (Phi) is 4.08. The molecule has 0 fully saturated rings. The average Bonchev–Trinajstić information content (AvgIpc) is 3.26. The van der Waals surface area contributed by atoms with Gasteiger partial charge >= 0.3 is 0 Å². The van der Waals surface area contributed by atoms with Gasteiger partial charge in [0.05, 0.1) is 16.6 Å². The fraction of sp³-hybridized carbons (Fsp3) is 0.0476. The van der Waals surface area contributed by atoms with Crippen LogP contribution in [0.25, 0.3) is 28.4 Å². The van der Waals surface area contributed by atoms with E-state index in [0.717, 1.165) is 28.0 Å². The van der Waals surface area contributed by atoms with E-state index in [1.165, 1.54) is 0 Å². The Hall–Kier alpha value is -3.29. The lowest BCUT2D eigenvalue weighted by molar-refractivity contribution is 1.06. The molecule has 0 saturated heterocycles. The van der Waals surface area contributed by atoms with E-state index >= 15 is 0 Å². The smallest absolute Gasteiger partial charge is 0.149 e. The molecule has 5 heteroatoms. The first kappa shape index (κ1) is 16.2. The predicted octanol–water partition coefficient (Wildman–Crippen LogP) is 5.38. The minimum atomic E-state index is 0.479. The summed E-state index contributed by atoms with van der Waals surface area (Å²) in [6, 6.07) is 19.7. The number of aromatic nitrogens is 3. The van der Waals surface area contributed by atoms with Gasteiger partial charge in [0.1, 0.15) is 11.9 Å². The van der Waals surface area contributed by atoms with Crippen molar-refractivity contribution in [3.05, 3.63) is 82.9 Å². The van der Waals surface area contributed by atoms with E-state index in [2.05, 4.69) is 16.0 Å². The molecule has 26 heavy (non-hydrogen) atoms. The van der Waals surface area contributed by atoms with Crippen molar-refractivity contribution < 1.29 is 0 Å². The molecule has 0 aliphatic rings. The van der Waals surface area contributed by atoms with Gasteiger partial charge in [-0.15, -0.1) is 0 Å². The number of nitrogens with one attached hydrogen (secondary N) is 1. The van der Waals surface area contributed by atoms with Crippen LogP contribution in [0, 0.1) is 18.3 Å². The van der Waals surface area contributed by atoms with Crippen LogP contribution in [0.15, 0.2) is 60.8 Å². The normalized spacial score (nSPS) is 11.7. The summed E-state index contributed by atoms with van der Waals surface area (Å²) in [5.41, 5.74) is 5.26. The number of allylic oxidation sites excluding steroid dienone is 1. The van der Waals surface area contributed by atoms with E-state index in [0.29, 0.717) is 16.4 Å². The van der Waals surface area contributed by atoms with Crippen molar-refractivity contribution in [1.82, 2.24) is 14.5 Å². The molecule has 0 radical (unpaired) electrons. The van der Waals surface area contributed by atoms with Gasteiger partial charge in [-0.05, 0) is 67.1 Å². The number of H-pyrrole nitrogens is 1. The van der Waals surface area contributed by atoms with Crippen LogP contribution in [0.5, 0.6) is 0 Å². The van der Waals surface area contributed by atoms with E-state index in [4.69, 9.17) is 11.6 Å². The van der Waals surface area contributed by atoms with Crippen LogP contribution in [-0.2, 0) is 0 Å². The van der Waals surface area contributed by atoms with Crippen LogP contribution >= 0.6 is 11.6 Å². The van der Waals surface area contributed by atoms with Crippen LogP contribution in [-0.4, -0.2) is 14.5 Å². The second-order valence-electron chi connectivity index (χ2n) is 6.06. The second-order valence-corrected chi connectivity index (χ2v) is 6.49. The van der Waals surface area contributed by atoms with Crippen LogP contribution < -0.4 is 0 Å². The number of fused-ring (bicyclic) bond motifs is 1. The zero-order valence-corrected chi connectivity index (χ0v) is 14.8. The third-order valence-corrected chi connectivity index (χ3v) is 4.44. The lowest BCUT2D eigenvalue weighted by Crippen LogP contribution is -1.95. The summed E-state index contributed by atoms with van der Waals surface area (Å²) in [7, 11) is 0. The minimum absolute atomic E-state index is 0.479. The summed E-state index contributed by atoms with van der Waals surface area (Å²) in [5.74, 6) is 0.567. The number of imidazole rings is 1. The van der Waals surface area contributed by atoms with Gasteiger partial charge in [-0.1, -0.05) is 17.7 Å². The zero-order chi connectivity index (χ0) is 18.1. The summed E-state index contributed by atoms with van der Waals surface area (Å²) < 4.78 is 2.00. The summed E-state index contributed by atoms with van der Waals surface area (Å²) in [6.07, 6.45) is 3.78. The number of rotatable bonds is 3. The summed E-state index contributed by atoms with van der Waals surface area (Å²) in [6.45, 7) is 2.03. The summed E-state index contributed by atoms with van der Waals surface area (Å²) in [5, 5.41) is 10.3. The molecular formula is C21H15ClN4. The summed E-state index contributed by atoms with van der Waals surface area (Å²) in [4.78, 5) is 7.78. The van der Waals surface area contributed by atoms with Gasteiger partial charge in [0, 0.05) is 22.6 Å². The van der Waals surface area contributed by atoms with E-state index in [-0.39, 0.29) is 0 Å². The molecule has 1 N–H and O–H groups in total. The van der Waals surface area contributed by atoms with E-state index in [1.807, 2.05) is 78.4 Å². The predicted molar refractivity (Wildman–Crippen MR) is 105 cm³/mol. The lowest BCUT2D eigenvalue weighted by atomic mass is 10.2. The summed E-state index contributed by atoms with van der Waals surface area (Å²) >= 11 is 5.97. The van der Waals surface area contributed by atoms with Gasteiger partial charge in [-0.3, -0.25) is 0 Å². The van der Waals surface area contributed by atoms with Gasteiger partial charge in [0.2, 0.25) is 0 Å². The Labute approximate surface area is 156 Å². The largest absolute Gasteiger partial charge is 0.337 e. The van der Waals surface area contributed by atoms with Crippen molar-refractivity contribution >= 4 is 34.3 Å². The van der Waals surface area contributed by atoms with Crippen LogP contribution in [0.3, 0.4) is 0 Å². The monoisotopic (exact) mass is 358 g/mol. The molecule has 0 amide bonds. The standard InChI is InChI=1S/C21H15ClN4/c1-14-4-9-19-20(11-14)25-21(24-19)15(13-23)12-18-3-2-10-26(18)17-7-5-16(22)6-8-17/h2-12H,1H3,(H,24,25). The molecule has 4 aromatic rings. The molecule has 0 unspecified atom stereocenters. The fourth-order valence-corrected chi connectivity index (χ4v) is 3.03. The molecule has 4 rings (SSSR count). The first-order chi connectivity index (χ1) is 12.6. The Morgan fingerprint density at radius 1 is 1.19 bits per heavy atom. The van der Waals surface area contributed by atoms with Gasteiger partial charge in [-0.2, -0.15) is 5.26 Å². The number of benzene rings is 2. The molecule has 0 atom stereocenters. The minimum Gasteiger partial charge on any atom is -0.337 e. The third kappa shape index (κ3) is 3.01. The fourth-order valence-electron chi connectivity index (χ4n) is 2.90. The first-order valence-electron chi connectivity index (χ1n) is 8.16. The topological polar surface area (TPSA) is 57.4 Å². The third-order valence-electron chi connectivity index (χ3n) is 4.19. The SMILES string of the molecule is Cc1ccc2nc(C(C#N)=Cc3cccn3-c3ccc(Cl)cc3)[nH]c2c1. The molecule has 2 aromatic heterocycles. The quantitative estimate of drug-likeness (QED) is 0.500. The van der Waals surface area contributed by atoms with Gasteiger partial charge in [-0.25, -0.2) is 4.98 Å². The number of hydrogen-bond acceptors (Lipinski definition) is 2. The number of aromatic amines is 1. The maximum atomic E-state index is 9.65. The van der Waals surface area contributed by atoms with Crippen LogP contribution in [0.4, 0.5) is 0 Å². The first-order valence-corrected chi connectivity index (χ1v) is 8.54. The zero-order valence-electron chi connectivity index (χ0n) is 14.1. The van der Waals surface area contributed by atoms with Crippen molar-refractivity contribution in [3.63, 3.8) is 0 Å². The van der Waals surface area contributed by atoms with Crippen molar-refractivity contribution in [3.8, 4) is 11.8 Å². The number of nitrogens with zero attached hydrogens (tertiary/aromatic N) is 3. The van der Waals surface area contributed by atoms with E-state index in [9.17, 15) is 5.26 Å². The van der Waals surface area contributed by atoms with Crippen molar-refractivity contribution in [2.24, 2.45) is 0 Å². The molecule has 0 spiro atoms. The van der Waals surface area contributed by atoms with Crippen molar-refractivity contribution in [1.29, 1.82) is 5.26 Å². The number of nitriles is 1. The Balaban J connectivity index is 1.77. The van der Waals surface area contributed by atoms with E-state index in [1.54, 1.807) is 0 Å². The highest BCUT2D eigenvalue weighted by molar-refractivity contribution is 6.30. The highest BCUT2D eigenvalue weighted by atomic mass is 35.5. The van der Waals surface area contributed by atoms with Gasteiger partial charge < -0.3 is 9.55 Å². The van der Waals surface area contributed by atoms with Gasteiger partial charge in [0.25, 0.3) is 0 Å². The molecular weight excluding hydrogens is 344 g/mol. The number of halogens is 1. The highest BCUT2D eigenvalue weighted by Gasteiger charge is 2.10. The number of aryl methyl sites for hydroxylation is 1. The van der Waals surface area contributed by atoms with Gasteiger partial charge in [0.15, 0.2) is 0 Å². The Morgan fingerprint density at radius 2 is 2.00 bits per heavy atom. The van der Waals surface area contributed by atoms with E-state index < -0.39 is 0 Å². The Morgan fingerprint density at radius 3 is 2.77 bits per heavy atom. The second kappa shape index (κ2) is 6.55. The molecule has 2 heterocycles. The molecule has 0 saturated carbocycles. The average molecular weight is 359 g/mol. The lowest BCUT2D eigenvalue weighted by Gasteiger charge is -2.07. The molecule has 126 valence electrons. The molecule has 0 bridgehead atoms. The van der Waals surface area contributed by atoms with Crippen LogP contribution in [0.2, 0.25) is 5.02 Å². The molecule has 0 aliphatic carbocycles. The van der Waals surface area contributed by atoms with Crippen molar-refractivity contribution in [2.45, 2.75) is 6.92 Å². The molecule has 2 aromatic carbocycles. The maximum Gasteiger partial charge on any atom is 0.149 e. The molecule has 4 nitrogen and oxygen atoms in total. The van der Waals surface area contributed by atoms with Crippen molar-refractivity contribution in [2.75, 3.05) is 0 Å². The Bertz CT molecular complexity index is 1160. The highest BCUT2D eigenvalue weighted by Crippen LogP contribution is 2.22. The number of hydrogen-bond donors (Lipinski definition) is 1.